The highest BCUT2D eigenvalue weighted by atomic mass is 35.5. The van der Waals surface area contributed by atoms with E-state index in [1.807, 2.05) is 36.4 Å². The van der Waals surface area contributed by atoms with Crippen LogP contribution in [0.4, 0.5) is 0 Å². The van der Waals surface area contributed by atoms with Crippen molar-refractivity contribution < 1.29 is 9.47 Å². The third kappa shape index (κ3) is 2.23. The summed E-state index contributed by atoms with van der Waals surface area (Å²) in [5.74, 6) is 1.64. The molecule has 1 aliphatic rings. The van der Waals surface area contributed by atoms with Crippen molar-refractivity contribution in [1.29, 1.82) is 0 Å². The summed E-state index contributed by atoms with van der Waals surface area (Å²) in [6.45, 7) is 0.682. The molecule has 0 radical (unpaired) electrons. The Morgan fingerprint density at radius 1 is 1.25 bits per heavy atom. The van der Waals surface area contributed by atoms with Gasteiger partial charge in [-0.05, 0) is 23.8 Å². The smallest absolute Gasteiger partial charge is 0.127 e. The molecular formula is C16H16ClNO2. The SMILES string of the molecule is COc1ccccc1C(N)c1cc(Cl)cc2c1OCC2. The Hall–Kier alpha value is -1.71. The molecule has 0 amide bonds. The van der Waals surface area contributed by atoms with Crippen LogP contribution < -0.4 is 15.2 Å². The summed E-state index contributed by atoms with van der Waals surface area (Å²) >= 11 is 6.19. The Bertz CT molecular complexity index is 642. The van der Waals surface area contributed by atoms with E-state index in [-0.39, 0.29) is 6.04 Å². The van der Waals surface area contributed by atoms with Gasteiger partial charge >= 0.3 is 0 Å². The van der Waals surface area contributed by atoms with Crippen LogP contribution in [0.1, 0.15) is 22.7 Å². The molecule has 3 nitrogen and oxygen atoms in total. The fraction of sp³-hybridized carbons (Fsp3) is 0.250. The maximum Gasteiger partial charge on any atom is 0.127 e. The number of rotatable bonds is 3. The molecule has 1 aliphatic heterocycles. The lowest BCUT2D eigenvalue weighted by molar-refractivity contribution is 0.352. The van der Waals surface area contributed by atoms with Gasteiger partial charge in [-0.2, -0.15) is 0 Å². The lowest BCUT2D eigenvalue weighted by Crippen LogP contribution is -2.14. The number of fused-ring (bicyclic) bond motifs is 1. The van der Waals surface area contributed by atoms with Gasteiger partial charge < -0.3 is 15.2 Å². The maximum atomic E-state index is 6.42. The van der Waals surface area contributed by atoms with E-state index >= 15 is 0 Å². The van der Waals surface area contributed by atoms with E-state index in [0.29, 0.717) is 11.6 Å². The second kappa shape index (κ2) is 5.35. The zero-order chi connectivity index (χ0) is 14.1. The minimum Gasteiger partial charge on any atom is -0.496 e. The fourth-order valence-electron chi connectivity index (χ4n) is 2.62. The van der Waals surface area contributed by atoms with Crippen LogP contribution in [0.2, 0.25) is 5.02 Å². The minimum absolute atomic E-state index is 0.322. The van der Waals surface area contributed by atoms with Gasteiger partial charge in [-0.15, -0.1) is 0 Å². The molecule has 20 heavy (non-hydrogen) atoms. The predicted octanol–water partition coefficient (Wildman–Crippen LogP) is 3.33. The van der Waals surface area contributed by atoms with Crippen LogP contribution in [0.15, 0.2) is 36.4 Å². The number of methoxy groups -OCH3 is 1. The van der Waals surface area contributed by atoms with Crippen molar-refractivity contribution in [3.05, 3.63) is 58.1 Å². The number of halogens is 1. The van der Waals surface area contributed by atoms with Crippen LogP contribution in [0, 0.1) is 0 Å². The highest BCUT2D eigenvalue weighted by Gasteiger charge is 2.23. The van der Waals surface area contributed by atoms with Crippen LogP contribution in [-0.2, 0) is 6.42 Å². The number of ether oxygens (including phenoxy) is 2. The van der Waals surface area contributed by atoms with Crippen molar-refractivity contribution >= 4 is 11.6 Å². The summed E-state index contributed by atoms with van der Waals surface area (Å²) in [5, 5.41) is 0.689. The van der Waals surface area contributed by atoms with E-state index in [9.17, 15) is 0 Å². The molecule has 0 saturated heterocycles. The van der Waals surface area contributed by atoms with Gasteiger partial charge in [0.15, 0.2) is 0 Å². The molecule has 1 unspecified atom stereocenters. The van der Waals surface area contributed by atoms with Crippen LogP contribution in [-0.4, -0.2) is 13.7 Å². The molecule has 2 aromatic carbocycles. The predicted molar refractivity (Wildman–Crippen MR) is 79.7 cm³/mol. The Morgan fingerprint density at radius 2 is 2.05 bits per heavy atom. The van der Waals surface area contributed by atoms with Gasteiger partial charge in [0.1, 0.15) is 11.5 Å². The van der Waals surface area contributed by atoms with Gasteiger partial charge in [-0.25, -0.2) is 0 Å². The zero-order valence-corrected chi connectivity index (χ0v) is 12.0. The van der Waals surface area contributed by atoms with Gasteiger partial charge in [-0.3, -0.25) is 0 Å². The van der Waals surface area contributed by atoms with E-state index < -0.39 is 0 Å². The van der Waals surface area contributed by atoms with E-state index in [1.165, 1.54) is 0 Å². The molecule has 104 valence electrons. The topological polar surface area (TPSA) is 44.5 Å². The number of hydrogen-bond donors (Lipinski definition) is 1. The number of nitrogens with two attached hydrogens (primary N) is 1. The monoisotopic (exact) mass is 289 g/mol. The molecule has 1 atom stereocenters. The summed E-state index contributed by atoms with van der Waals surface area (Å²) in [4.78, 5) is 0. The molecule has 2 aromatic rings. The third-order valence-electron chi connectivity index (χ3n) is 3.59. The molecule has 0 aromatic heterocycles. The molecule has 0 aliphatic carbocycles. The van der Waals surface area contributed by atoms with Gasteiger partial charge in [0.25, 0.3) is 0 Å². The summed E-state index contributed by atoms with van der Waals surface area (Å²) < 4.78 is 11.1. The van der Waals surface area contributed by atoms with Crippen molar-refractivity contribution in [2.75, 3.05) is 13.7 Å². The Labute approximate surface area is 123 Å². The minimum atomic E-state index is -0.322. The number of benzene rings is 2. The van der Waals surface area contributed by atoms with Crippen molar-refractivity contribution in [2.24, 2.45) is 5.73 Å². The van der Waals surface area contributed by atoms with Crippen molar-refractivity contribution in [2.45, 2.75) is 12.5 Å². The average Bonchev–Trinajstić information content (AvgIpc) is 2.93. The molecule has 1 heterocycles. The Kier molecular flexibility index (Phi) is 3.55. The average molecular weight is 290 g/mol. The first kappa shape index (κ1) is 13.3. The van der Waals surface area contributed by atoms with E-state index in [1.54, 1.807) is 7.11 Å². The highest BCUT2D eigenvalue weighted by Crippen LogP contribution is 2.39. The van der Waals surface area contributed by atoms with Crippen molar-refractivity contribution in [3.63, 3.8) is 0 Å². The number of hydrogen-bond acceptors (Lipinski definition) is 3. The second-order valence-corrected chi connectivity index (χ2v) is 5.24. The fourth-order valence-corrected chi connectivity index (χ4v) is 2.87. The normalized spacial score (nSPS) is 14.6. The van der Waals surface area contributed by atoms with Crippen LogP contribution in [0.3, 0.4) is 0 Å². The molecule has 0 bridgehead atoms. The first-order chi connectivity index (χ1) is 9.70. The molecule has 3 rings (SSSR count). The third-order valence-corrected chi connectivity index (χ3v) is 3.80. The van der Waals surface area contributed by atoms with Crippen LogP contribution in [0.5, 0.6) is 11.5 Å². The van der Waals surface area contributed by atoms with Crippen molar-refractivity contribution in [3.8, 4) is 11.5 Å². The van der Waals surface area contributed by atoms with Gasteiger partial charge in [-0.1, -0.05) is 29.8 Å². The quantitative estimate of drug-likeness (QED) is 0.942. The standard InChI is InChI=1S/C16H16ClNO2/c1-19-14-5-3-2-4-12(14)15(18)13-9-11(17)8-10-6-7-20-16(10)13/h2-5,8-9,15H,6-7,18H2,1H3. The first-order valence-corrected chi connectivity index (χ1v) is 6.92. The molecular weight excluding hydrogens is 274 g/mol. The molecule has 0 saturated carbocycles. The Balaban J connectivity index is 2.09. The highest BCUT2D eigenvalue weighted by molar-refractivity contribution is 6.30. The van der Waals surface area contributed by atoms with Crippen LogP contribution >= 0.6 is 11.6 Å². The van der Waals surface area contributed by atoms with E-state index in [0.717, 1.165) is 34.6 Å². The maximum absolute atomic E-state index is 6.42. The summed E-state index contributed by atoms with van der Waals surface area (Å²) in [6.07, 6.45) is 0.877. The van der Waals surface area contributed by atoms with Gasteiger partial charge in [0.2, 0.25) is 0 Å². The molecule has 2 N–H and O–H groups in total. The van der Waals surface area contributed by atoms with E-state index in [4.69, 9.17) is 26.8 Å². The number of para-hydroxylation sites is 1. The molecule has 0 fully saturated rings. The summed E-state index contributed by atoms with van der Waals surface area (Å²) in [6, 6.07) is 11.2. The molecule has 0 spiro atoms. The largest absolute Gasteiger partial charge is 0.496 e. The summed E-state index contributed by atoms with van der Waals surface area (Å²) in [5.41, 5.74) is 9.38. The Morgan fingerprint density at radius 3 is 2.85 bits per heavy atom. The van der Waals surface area contributed by atoms with E-state index in [2.05, 4.69) is 0 Å². The molecule has 4 heteroatoms. The zero-order valence-electron chi connectivity index (χ0n) is 11.2. The lowest BCUT2D eigenvalue weighted by Gasteiger charge is -2.18. The lowest BCUT2D eigenvalue weighted by atomic mass is 9.96. The van der Waals surface area contributed by atoms with Gasteiger partial charge in [0.05, 0.1) is 19.8 Å². The van der Waals surface area contributed by atoms with Crippen molar-refractivity contribution in [1.82, 2.24) is 0 Å². The second-order valence-electron chi connectivity index (χ2n) is 4.80. The first-order valence-electron chi connectivity index (χ1n) is 6.54. The summed E-state index contributed by atoms with van der Waals surface area (Å²) in [7, 11) is 1.64. The van der Waals surface area contributed by atoms with Gasteiger partial charge in [0, 0.05) is 22.6 Å². The van der Waals surface area contributed by atoms with Crippen LogP contribution in [0.25, 0.3) is 0 Å².